The van der Waals surface area contributed by atoms with Gasteiger partial charge in [-0.05, 0) is 31.4 Å². The molecule has 0 radical (unpaired) electrons. The summed E-state index contributed by atoms with van der Waals surface area (Å²) < 4.78 is 5.37. The van der Waals surface area contributed by atoms with E-state index in [1.54, 1.807) is 0 Å². The SMILES string of the molecule is CCc1nc2c(c(N)c1C)C(c1ccccc1)C(C(=O)OCCC#N)C(C)=N2. The van der Waals surface area contributed by atoms with Crippen molar-refractivity contribution >= 4 is 23.2 Å². The van der Waals surface area contributed by atoms with Crippen molar-refractivity contribution in [1.29, 1.82) is 5.26 Å². The first-order valence-electron chi connectivity index (χ1n) is 9.42. The number of hydrogen-bond donors (Lipinski definition) is 1. The van der Waals surface area contributed by atoms with Gasteiger partial charge in [0.1, 0.15) is 12.5 Å². The number of ether oxygens (including phenoxy) is 1. The molecule has 2 heterocycles. The van der Waals surface area contributed by atoms with Gasteiger partial charge in [-0.25, -0.2) is 9.98 Å². The first kappa shape index (κ1) is 19.6. The van der Waals surface area contributed by atoms with Gasteiger partial charge in [-0.3, -0.25) is 4.79 Å². The molecule has 6 heteroatoms. The van der Waals surface area contributed by atoms with Crippen LogP contribution in [-0.4, -0.2) is 23.3 Å². The average molecular weight is 376 g/mol. The van der Waals surface area contributed by atoms with Crippen LogP contribution in [0, 0.1) is 24.2 Å². The lowest BCUT2D eigenvalue weighted by molar-refractivity contribution is -0.146. The summed E-state index contributed by atoms with van der Waals surface area (Å²) >= 11 is 0. The monoisotopic (exact) mass is 376 g/mol. The van der Waals surface area contributed by atoms with Crippen molar-refractivity contribution in [2.75, 3.05) is 12.3 Å². The Bertz CT molecular complexity index is 961. The summed E-state index contributed by atoms with van der Waals surface area (Å²) in [6, 6.07) is 11.7. The van der Waals surface area contributed by atoms with Gasteiger partial charge in [-0.15, -0.1) is 0 Å². The van der Waals surface area contributed by atoms with Crippen LogP contribution in [0.4, 0.5) is 11.5 Å². The fraction of sp³-hybridized carbons (Fsp3) is 0.364. The molecule has 0 saturated heterocycles. The summed E-state index contributed by atoms with van der Waals surface area (Å²) in [6.07, 6.45) is 0.914. The highest BCUT2D eigenvalue weighted by Gasteiger charge is 2.40. The second-order valence-electron chi connectivity index (χ2n) is 6.88. The van der Waals surface area contributed by atoms with Crippen LogP contribution in [0.2, 0.25) is 0 Å². The van der Waals surface area contributed by atoms with Gasteiger partial charge in [0.25, 0.3) is 0 Å². The highest BCUT2D eigenvalue weighted by Crippen LogP contribution is 2.46. The fourth-order valence-electron chi connectivity index (χ4n) is 3.74. The number of carbonyl (C=O) groups is 1. The predicted molar refractivity (Wildman–Crippen MR) is 108 cm³/mol. The maximum Gasteiger partial charge on any atom is 0.315 e. The normalized spacial score (nSPS) is 18.0. The van der Waals surface area contributed by atoms with E-state index < -0.39 is 11.9 Å². The van der Waals surface area contributed by atoms with Gasteiger partial charge in [-0.1, -0.05) is 37.3 Å². The number of aromatic nitrogens is 1. The molecule has 0 aliphatic carbocycles. The number of aryl methyl sites for hydroxylation is 1. The Morgan fingerprint density at radius 1 is 1.29 bits per heavy atom. The van der Waals surface area contributed by atoms with Crippen molar-refractivity contribution in [3.05, 3.63) is 52.7 Å². The van der Waals surface area contributed by atoms with Gasteiger partial charge in [0.2, 0.25) is 0 Å². The van der Waals surface area contributed by atoms with Crippen LogP contribution >= 0.6 is 0 Å². The van der Waals surface area contributed by atoms with Gasteiger partial charge in [0, 0.05) is 28.6 Å². The molecule has 1 aromatic heterocycles. The van der Waals surface area contributed by atoms with Crippen LogP contribution in [0.15, 0.2) is 35.3 Å². The fourth-order valence-corrected chi connectivity index (χ4v) is 3.74. The molecule has 1 aromatic carbocycles. The lowest BCUT2D eigenvalue weighted by atomic mass is 9.75. The molecule has 0 bridgehead atoms. The second kappa shape index (κ2) is 8.22. The highest BCUT2D eigenvalue weighted by atomic mass is 16.5. The lowest BCUT2D eigenvalue weighted by Crippen LogP contribution is -2.34. The quantitative estimate of drug-likeness (QED) is 0.631. The van der Waals surface area contributed by atoms with Crippen molar-refractivity contribution in [2.24, 2.45) is 10.9 Å². The van der Waals surface area contributed by atoms with E-state index in [4.69, 9.17) is 20.7 Å². The summed E-state index contributed by atoms with van der Waals surface area (Å²) in [7, 11) is 0. The molecule has 2 aromatic rings. The zero-order chi connectivity index (χ0) is 20.3. The number of pyridine rings is 1. The number of anilines is 1. The number of rotatable bonds is 5. The number of esters is 1. The lowest BCUT2D eigenvalue weighted by Gasteiger charge is -2.32. The maximum absolute atomic E-state index is 12.9. The summed E-state index contributed by atoms with van der Waals surface area (Å²) in [5.74, 6) is -0.759. The average Bonchev–Trinajstić information content (AvgIpc) is 2.70. The number of fused-ring (bicyclic) bond motifs is 1. The van der Waals surface area contributed by atoms with E-state index >= 15 is 0 Å². The van der Waals surface area contributed by atoms with E-state index in [0.29, 0.717) is 17.2 Å². The number of aliphatic imine (C=N–C) groups is 1. The first-order chi connectivity index (χ1) is 13.5. The highest BCUT2D eigenvalue weighted by molar-refractivity contribution is 6.05. The molecule has 0 saturated carbocycles. The van der Waals surface area contributed by atoms with Crippen molar-refractivity contribution < 1.29 is 9.53 Å². The zero-order valence-corrected chi connectivity index (χ0v) is 16.4. The van der Waals surface area contributed by atoms with E-state index in [-0.39, 0.29) is 18.9 Å². The standard InChI is InChI=1S/C22H24N4O2/c1-4-16-13(2)20(24)19-18(15-9-6-5-7-10-15)17(14(3)25-21(19)26-16)22(27)28-12-8-11-23/h5-7,9-10,17-18H,4,8,12H2,1-3H3,(H2,24,26). The molecule has 0 spiro atoms. The van der Waals surface area contributed by atoms with Crippen molar-refractivity contribution in [3.63, 3.8) is 0 Å². The number of nitrogen functional groups attached to an aromatic ring is 1. The third-order valence-corrected chi connectivity index (χ3v) is 5.19. The molecular formula is C22H24N4O2. The van der Waals surface area contributed by atoms with Gasteiger partial charge in [0.15, 0.2) is 5.82 Å². The molecule has 2 N–H and O–H groups in total. The Balaban J connectivity index is 2.17. The molecule has 2 atom stereocenters. The Morgan fingerprint density at radius 2 is 2.00 bits per heavy atom. The third-order valence-electron chi connectivity index (χ3n) is 5.19. The molecule has 3 rings (SSSR count). The Morgan fingerprint density at radius 3 is 2.64 bits per heavy atom. The molecular weight excluding hydrogens is 352 g/mol. The number of nitrogens with zero attached hydrogens (tertiary/aromatic N) is 3. The summed E-state index contributed by atoms with van der Waals surface area (Å²) in [6.45, 7) is 5.87. The van der Waals surface area contributed by atoms with Crippen molar-refractivity contribution in [3.8, 4) is 6.07 Å². The number of nitrogens with two attached hydrogens (primary N) is 1. The van der Waals surface area contributed by atoms with E-state index in [1.165, 1.54) is 0 Å². The number of hydrogen-bond acceptors (Lipinski definition) is 6. The molecule has 144 valence electrons. The molecule has 1 aliphatic heterocycles. The van der Waals surface area contributed by atoms with Gasteiger partial charge >= 0.3 is 5.97 Å². The molecule has 6 nitrogen and oxygen atoms in total. The zero-order valence-electron chi connectivity index (χ0n) is 16.4. The van der Waals surface area contributed by atoms with Crippen LogP contribution in [0.5, 0.6) is 0 Å². The van der Waals surface area contributed by atoms with E-state index in [2.05, 4.69) is 4.99 Å². The molecule has 28 heavy (non-hydrogen) atoms. The smallest absolute Gasteiger partial charge is 0.315 e. The van der Waals surface area contributed by atoms with Crippen LogP contribution in [0.25, 0.3) is 0 Å². The van der Waals surface area contributed by atoms with Crippen molar-refractivity contribution in [2.45, 2.75) is 39.5 Å². The summed E-state index contributed by atoms with van der Waals surface area (Å²) in [4.78, 5) is 22.3. The van der Waals surface area contributed by atoms with E-state index in [1.807, 2.05) is 57.2 Å². The summed E-state index contributed by atoms with van der Waals surface area (Å²) in [5.41, 5.74) is 11.4. The minimum absolute atomic E-state index is 0.0645. The number of carbonyl (C=O) groups excluding carboxylic acids is 1. The molecule has 0 fully saturated rings. The largest absolute Gasteiger partial charge is 0.464 e. The van der Waals surface area contributed by atoms with Gasteiger partial charge < -0.3 is 10.5 Å². The molecule has 1 aliphatic rings. The van der Waals surface area contributed by atoms with Crippen LogP contribution in [-0.2, 0) is 16.0 Å². The minimum Gasteiger partial charge on any atom is -0.464 e. The van der Waals surface area contributed by atoms with E-state index in [9.17, 15) is 4.79 Å². The second-order valence-corrected chi connectivity index (χ2v) is 6.88. The topological polar surface area (TPSA) is 101 Å². The van der Waals surface area contributed by atoms with Gasteiger partial charge in [0.05, 0.1) is 12.5 Å². The molecule has 2 unspecified atom stereocenters. The number of nitriles is 1. The van der Waals surface area contributed by atoms with Gasteiger partial charge in [-0.2, -0.15) is 5.26 Å². The van der Waals surface area contributed by atoms with E-state index in [0.717, 1.165) is 28.8 Å². The van der Waals surface area contributed by atoms with Crippen LogP contribution in [0.3, 0.4) is 0 Å². The molecule has 0 amide bonds. The minimum atomic E-state index is -0.607. The Kier molecular flexibility index (Phi) is 5.74. The predicted octanol–water partition coefficient (Wildman–Crippen LogP) is 3.85. The Labute approximate surface area is 165 Å². The Hall–Kier alpha value is -3.20. The summed E-state index contributed by atoms with van der Waals surface area (Å²) in [5, 5.41) is 8.73. The first-order valence-corrected chi connectivity index (χ1v) is 9.42. The van der Waals surface area contributed by atoms with Crippen molar-refractivity contribution in [1.82, 2.24) is 4.98 Å². The van der Waals surface area contributed by atoms with Crippen LogP contribution in [0.1, 0.15) is 48.6 Å². The number of benzene rings is 1. The third kappa shape index (κ3) is 3.48. The van der Waals surface area contributed by atoms with Crippen LogP contribution < -0.4 is 5.73 Å². The maximum atomic E-state index is 12.9.